The molecule has 2 amide bonds. The van der Waals surface area contributed by atoms with E-state index < -0.39 is 44.9 Å². The van der Waals surface area contributed by atoms with E-state index in [9.17, 15) is 32.5 Å². The van der Waals surface area contributed by atoms with Gasteiger partial charge in [0, 0.05) is 30.6 Å². The molecule has 1 aliphatic carbocycles. The molecule has 13 heteroatoms. The van der Waals surface area contributed by atoms with E-state index in [1.807, 2.05) is 30.3 Å². The first-order chi connectivity index (χ1) is 24.0. The first-order valence-corrected chi connectivity index (χ1v) is 17.7. The van der Waals surface area contributed by atoms with Gasteiger partial charge in [-0.1, -0.05) is 61.4 Å². The smallest absolute Gasteiger partial charge is 0.273 e. The lowest BCUT2D eigenvalue weighted by Crippen LogP contribution is -2.54. The summed E-state index contributed by atoms with van der Waals surface area (Å²) in [6.07, 6.45) is 3.69. The third-order valence-corrected chi connectivity index (χ3v) is 10.6. The van der Waals surface area contributed by atoms with Crippen molar-refractivity contribution in [1.82, 2.24) is 10.2 Å². The Kier molecular flexibility index (Phi) is 11.5. The summed E-state index contributed by atoms with van der Waals surface area (Å²) in [7, 11) is -3.13. The molecule has 1 N–H and O–H groups in total. The standard InChI is InChI=1S/C37H39FN4O7S/c1-26-12-21-33(23-34(26)42(45)46)50(47,48)41(31-17-19-32(49-2)20-18-31)25-36(43)40(24-28-13-15-29(38)16-14-28)35(22-27-8-4-3-5-9-27)37(44)39-30-10-6-7-11-30/h3-5,8-9,12-21,23,30,35H,6-7,10-11,22,24-25H2,1-2H3,(H,39,44). The Morgan fingerprint density at radius 3 is 2.24 bits per heavy atom. The number of anilines is 1. The van der Waals surface area contributed by atoms with Crippen molar-refractivity contribution in [3.8, 4) is 5.75 Å². The third kappa shape index (κ3) is 8.64. The number of carbonyl (C=O) groups excluding carboxylic acids is 2. The molecule has 0 saturated heterocycles. The van der Waals surface area contributed by atoms with Crippen LogP contribution in [0.4, 0.5) is 15.8 Å². The van der Waals surface area contributed by atoms with Gasteiger partial charge in [0.25, 0.3) is 15.7 Å². The molecule has 4 aromatic rings. The largest absolute Gasteiger partial charge is 0.497 e. The number of benzene rings is 4. The van der Waals surface area contributed by atoms with Crippen LogP contribution >= 0.6 is 0 Å². The summed E-state index contributed by atoms with van der Waals surface area (Å²) < 4.78 is 48.7. The van der Waals surface area contributed by atoms with Crippen LogP contribution in [0.25, 0.3) is 0 Å². The van der Waals surface area contributed by atoms with Crippen molar-refractivity contribution in [2.24, 2.45) is 0 Å². The minimum absolute atomic E-state index is 0.0583. The molecular formula is C37H39FN4O7S. The van der Waals surface area contributed by atoms with Crippen LogP contribution in [0.1, 0.15) is 42.4 Å². The van der Waals surface area contributed by atoms with Crippen LogP contribution in [0.5, 0.6) is 5.75 Å². The number of halogens is 1. The fraction of sp³-hybridized carbons (Fsp3) is 0.297. The normalized spacial score (nSPS) is 13.7. The highest BCUT2D eigenvalue weighted by atomic mass is 32.2. The minimum Gasteiger partial charge on any atom is -0.497 e. The molecule has 1 aliphatic rings. The van der Waals surface area contributed by atoms with Crippen molar-refractivity contribution in [3.05, 3.63) is 130 Å². The number of hydrogen-bond acceptors (Lipinski definition) is 7. The Labute approximate surface area is 290 Å². The maximum Gasteiger partial charge on any atom is 0.273 e. The average molecular weight is 703 g/mol. The number of ether oxygens (including phenoxy) is 1. The first-order valence-electron chi connectivity index (χ1n) is 16.3. The Balaban J connectivity index is 1.59. The van der Waals surface area contributed by atoms with E-state index >= 15 is 0 Å². The monoisotopic (exact) mass is 702 g/mol. The average Bonchev–Trinajstić information content (AvgIpc) is 3.63. The summed E-state index contributed by atoms with van der Waals surface area (Å²) in [6, 6.07) is 23.1. The molecule has 11 nitrogen and oxygen atoms in total. The lowest BCUT2D eigenvalue weighted by molar-refractivity contribution is -0.385. The van der Waals surface area contributed by atoms with E-state index in [2.05, 4.69) is 5.32 Å². The van der Waals surface area contributed by atoms with E-state index in [0.717, 1.165) is 41.6 Å². The summed E-state index contributed by atoms with van der Waals surface area (Å²) in [5, 5.41) is 14.8. The number of nitro benzene ring substituents is 1. The van der Waals surface area contributed by atoms with Crippen LogP contribution in [0, 0.1) is 22.9 Å². The van der Waals surface area contributed by atoms with Gasteiger partial charge in [-0.3, -0.25) is 24.0 Å². The molecule has 1 fully saturated rings. The molecule has 4 aromatic carbocycles. The number of amides is 2. The molecule has 1 atom stereocenters. The summed E-state index contributed by atoms with van der Waals surface area (Å²) in [5.74, 6) is -1.13. The fourth-order valence-corrected chi connectivity index (χ4v) is 7.49. The van der Waals surface area contributed by atoms with Crippen LogP contribution in [-0.4, -0.2) is 55.8 Å². The summed E-state index contributed by atoms with van der Waals surface area (Å²) in [4.78, 5) is 40.8. The second kappa shape index (κ2) is 15.9. The highest BCUT2D eigenvalue weighted by Gasteiger charge is 2.36. The van der Waals surface area contributed by atoms with Crippen LogP contribution in [0.3, 0.4) is 0 Å². The maximum atomic E-state index is 14.6. The van der Waals surface area contributed by atoms with Gasteiger partial charge in [-0.15, -0.1) is 0 Å². The molecule has 0 aromatic heterocycles. The topological polar surface area (TPSA) is 139 Å². The van der Waals surface area contributed by atoms with Gasteiger partial charge in [0.1, 0.15) is 24.2 Å². The van der Waals surface area contributed by atoms with E-state index in [4.69, 9.17) is 4.74 Å². The molecule has 0 spiro atoms. The maximum absolute atomic E-state index is 14.6. The number of nitrogens with one attached hydrogen (secondary N) is 1. The van der Waals surface area contributed by atoms with E-state index in [1.165, 1.54) is 79.6 Å². The van der Waals surface area contributed by atoms with Gasteiger partial charge in [0.2, 0.25) is 11.8 Å². The van der Waals surface area contributed by atoms with Crippen LogP contribution < -0.4 is 14.4 Å². The number of rotatable bonds is 14. The minimum atomic E-state index is -4.59. The Morgan fingerprint density at radius 1 is 0.960 bits per heavy atom. The first kappa shape index (κ1) is 36.0. The summed E-state index contributed by atoms with van der Waals surface area (Å²) in [6.45, 7) is 0.622. The molecule has 0 heterocycles. The number of methoxy groups -OCH3 is 1. The van der Waals surface area contributed by atoms with Gasteiger partial charge >= 0.3 is 0 Å². The third-order valence-electron chi connectivity index (χ3n) is 8.84. The summed E-state index contributed by atoms with van der Waals surface area (Å²) in [5.41, 5.74) is 1.28. The predicted octanol–water partition coefficient (Wildman–Crippen LogP) is 5.95. The van der Waals surface area contributed by atoms with Gasteiger partial charge in [0.15, 0.2) is 0 Å². The van der Waals surface area contributed by atoms with Crippen molar-refractivity contribution in [2.75, 3.05) is 18.0 Å². The van der Waals surface area contributed by atoms with Crippen molar-refractivity contribution >= 4 is 33.2 Å². The SMILES string of the molecule is COc1ccc(N(CC(=O)N(Cc2ccc(F)cc2)C(Cc2ccccc2)C(=O)NC2CCCC2)S(=O)(=O)c2ccc(C)c([N+](=O)[O-])c2)cc1. The van der Waals surface area contributed by atoms with Crippen molar-refractivity contribution in [2.45, 2.75) is 62.6 Å². The zero-order valence-electron chi connectivity index (χ0n) is 27.8. The highest BCUT2D eigenvalue weighted by Crippen LogP contribution is 2.30. The molecule has 1 saturated carbocycles. The second-order valence-electron chi connectivity index (χ2n) is 12.3. The second-order valence-corrected chi connectivity index (χ2v) is 14.1. The molecular weight excluding hydrogens is 663 g/mol. The Hall–Kier alpha value is -5.30. The number of nitrogens with zero attached hydrogens (tertiary/aromatic N) is 3. The quantitative estimate of drug-likeness (QED) is 0.127. The van der Waals surface area contributed by atoms with Gasteiger partial charge in [-0.2, -0.15) is 0 Å². The van der Waals surface area contributed by atoms with Crippen molar-refractivity contribution < 1.29 is 32.1 Å². The number of hydrogen-bond donors (Lipinski definition) is 1. The Bertz CT molecular complexity index is 1920. The lowest BCUT2D eigenvalue weighted by atomic mass is 10.0. The van der Waals surface area contributed by atoms with E-state index in [1.54, 1.807) is 0 Å². The number of sulfonamides is 1. The fourth-order valence-electron chi connectivity index (χ4n) is 6.06. The Morgan fingerprint density at radius 2 is 1.62 bits per heavy atom. The predicted molar refractivity (Wildman–Crippen MR) is 187 cm³/mol. The van der Waals surface area contributed by atoms with Crippen molar-refractivity contribution in [3.63, 3.8) is 0 Å². The number of aryl methyl sites for hydroxylation is 1. The molecule has 0 radical (unpaired) electrons. The van der Waals surface area contributed by atoms with E-state index in [0.29, 0.717) is 11.3 Å². The zero-order valence-corrected chi connectivity index (χ0v) is 28.6. The van der Waals surface area contributed by atoms with Crippen molar-refractivity contribution in [1.29, 1.82) is 0 Å². The molecule has 50 heavy (non-hydrogen) atoms. The van der Waals surface area contributed by atoms with Crippen LogP contribution in [0.2, 0.25) is 0 Å². The number of carbonyl (C=O) groups is 2. The van der Waals surface area contributed by atoms with Gasteiger partial charge < -0.3 is 15.0 Å². The zero-order chi connectivity index (χ0) is 35.8. The molecule has 0 bridgehead atoms. The van der Waals surface area contributed by atoms with Gasteiger partial charge in [-0.25, -0.2) is 12.8 Å². The van der Waals surface area contributed by atoms with Gasteiger partial charge in [0.05, 0.1) is 22.6 Å². The van der Waals surface area contributed by atoms with Crippen LogP contribution in [-0.2, 0) is 32.6 Å². The van der Waals surface area contributed by atoms with Crippen LogP contribution in [0.15, 0.2) is 102 Å². The summed E-state index contributed by atoms with van der Waals surface area (Å²) >= 11 is 0. The number of nitro groups is 1. The molecule has 1 unspecified atom stereocenters. The lowest BCUT2D eigenvalue weighted by Gasteiger charge is -2.34. The highest BCUT2D eigenvalue weighted by molar-refractivity contribution is 7.92. The molecule has 262 valence electrons. The van der Waals surface area contributed by atoms with E-state index in [-0.39, 0.29) is 41.1 Å². The molecule has 0 aliphatic heterocycles. The molecule has 5 rings (SSSR count). The van der Waals surface area contributed by atoms with Gasteiger partial charge in [-0.05, 0) is 73.4 Å².